The van der Waals surface area contributed by atoms with Gasteiger partial charge < -0.3 is 0 Å². The second kappa shape index (κ2) is 14.5. The van der Waals surface area contributed by atoms with Crippen LogP contribution in [0.4, 0.5) is 26.3 Å². The molecule has 3 N–H and O–H groups in total. The molecule has 0 aromatic heterocycles. The molecule has 0 atom stereocenters. The summed E-state index contributed by atoms with van der Waals surface area (Å²) < 4.78 is 226. The van der Waals surface area contributed by atoms with E-state index in [-0.39, 0.29) is 77.0 Å². The predicted molar refractivity (Wildman–Crippen MR) is 162 cm³/mol. The Morgan fingerprint density at radius 3 is 0.735 bits per heavy atom. The van der Waals surface area contributed by atoms with Crippen LogP contribution in [0.1, 0.15) is 96.3 Å². The van der Waals surface area contributed by atoms with Crippen molar-refractivity contribution in [3.63, 3.8) is 0 Å². The Bertz CT molecular complexity index is 1660. The molecule has 3 fully saturated rings. The Labute approximate surface area is 281 Å². The molecule has 15 nitrogen and oxygen atoms in total. The van der Waals surface area contributed by atoms with Gasteiger partial charge in [0.15, 0.2) is 0 Å². The normalized spacial score (nSPS) is 21.6. The molecule has 3 aliphatic carbocycles. The first-order chi connectivity index (χ1) is 22.1. The zero-order valence-electron chi connectivity index (χ0n) is 25.5. The number of rotatable bonds is 15. The van der Waals surface area contributed by atoms with Crippen LogP contribution in [0.25, 0.3) is 0 Å². The number of sulfonamides is 3. The van der Waals surface area contributed by atoms with E-state index in [1.165, 1.54) is 0 Å². The van der Waals surface area contributed by atoms with Crippen LogP contribution in [-0.4, -0.2) is 86.3 Å². The summed E-state index contributed by atoms with van der Waals surface area (Å²) in [5.41, 5.74) is 0. The van der Waals surface area contributed by atoms with E-state index in [1.54, 1.807) is 0 Å². The van der Waals surface area contributed by atoms with Crippen molar-refractivity contribution in [2.45, 2.75) is 132 Å². The Hall–Kier alpha value is -0.840. The van der Waals surface area contributed by atoms with Crippen LogP contribution in [-0.2, 0) is 59.6 Å². The van der Waals surface area contributed by atoms with Gasteiger partial charge in [-0.25, -0.2) is 64.7 Å². The zero-order chi connectivity index (χ0) is 37.5. The van der Waals surface area contributed by atoms with Gasteiger partial charge in [-0.05, 0) is 38.5 Å². The Morgan fingerprint density at radius 2 is 0.551 bits per heavy atom. The maximum absolute atomic E-state index is 15.6. The Kier molecular flexibility index (Phi) is 12.6. The van der Waals surface area contributed by atoms with Crippen molar-refractivity contribution in [3.05, 3.63) is 0 Å². The van der Waals surface area contributed by atoms with Crippen LogP contribution < -0.4 is 14.2 Å². The van der Waals surface area contributed by atoms with E-state index in [0.717, 1.165) is 14.2 Å². The molecule has 0 bridgehead atoms. The van der Waals surface area contributed by atoms with E-state index in [4.69, 9.17) is 0 Å². The van der Waals surface area contributed by atoms with Gasteiger partial charge in [-0.1, -0.05) is 57.8 Å². The second-order valence-corrected chi connectivity index (χ2v) is 25.3. The van der Waals surface area contributed by atoms with Crippen LogP contribution >= 0.6 is 0 Å². The molecular formula is C22H37F6N3O12S6. The van der Waals surface area contributed by atoms with E-state index in [1.807, 2.05) is 0 Å². The lowest BCUT2D eigenvalue weighted by atomic mass is 9.96. The van der Waals surface area contributed by atoms with Crippen molar-refractivity contribution in [1.29, 1.82) is 0 Å². The lowest BCUT2D eigenvalue weighted by molar-refractivity contribution is 0.168. The van der Waals surface area contributed by atoms with Gasteiger partial charge in [-0.15, -0.1) is 0 Å². The minimum Gasteiger partial charge on any atom is -0.219 e. The molecule has 0 aromatic carbocycles. The molecule has 3 saturated carbocycles. The molecule has 0 radical (unpaired) electrons. The third-order valence-corrected chi connectivity index (χ3v) is 24.4. The molecule has 49 heavy (non-hydrogen) atoms. The molecule has 0 aliphatic heterocycles. The number of sulfone groups is 3. The van der Waals surface area contributed by atoms with Gasteiger partial charge in [-0.2, -0.15) is 26.3 Å². The van der Waals surface area contributed by atoms with Gasteiger partial charge in [0, 0.05) is 18.1 Å². The highest BCUT2D eigenvalue weighted by Gasteiger charge is 2.78. The van der Waals surface area contributed by atoms with Gasteiger partial charge in [0.2, 0.25) is 0 Å². The smallest absolute Gasteiger partial charge is 0.219 e. The second-order valence-electron chi connectivity index (χ2n) is 12.2. The third-order valence-electron chi connectivity index (χ3n) is 8.47. The fraction of sp³-hybridized carbons (Fsp3) is 1.00. The molecule has 290 valence electrons. The van der Waals surface area contributed by atoms with E-state index >= 15 is 26.3 Å². The first kappa shape index (κ1) is 42.6. The van der Waals surface area contributed by atoms with E-state index in [0.29, 0.717) is 19.3 Å². The fourth-order valence-electron chi connectivity index (χ4n) is 5.82. The van der Waals surface area contributed by atoms with Crippen molar-refractivity contribution < 1.29 is 76.8 Å². The van der Waals surface area contributed by atoms with Crippen molar-refractivity contribution in [2.75, 3.05) is 0 Å². The molecular weight excluding hydrogens is 805 g/mol. The number of hydrogen-bond acceptors (Lipinski definition) is 12. The minimum atomic E-state index is -8.38. The minimum absolute atomic E-state index is 0.188. The van der Waals surface area contributed by atoms with Gasteiger partial charge in [0.05, 0.1) is 0 Å². The highest BCUT2D eigenvalue weighted by Crippen LogP contribution is 2.46. The molecule has 3 aliphatic rings. The lowest BCUT2D eigenvalue weighted by Crippen LogP contribution is -2.63. The van der Waals surface area contributed by atoms with Crippen molar-refractivity contribution in [3.8, 4) is 0 Å². The number of nitrogens with one attached hydrogen (secondary N) is 3. The summed E-state index contributed by atoms with van der Waals surface area (Å²) >= 11 is 0. The number of alkyl halides is 6. The molecule has 0 unspecified atom stereocenters. The van der Waals surface area contributed by atoms with Crippen LogP contribution in [0.3, 0.4) is 0 Å². The van der Waals surface area contributed by atoms with Crippen molar-refractivity contribution >= 4 is 59.6 Å². The maximum atomic E-state index is 15.6. The monoisotopic (exact) mass is 841 g/mol. The number of hydrogen-bond donors (Lipinski definition) is 3. The summed E-state index contributed by atoms with van der Waals surface area (Å²) in [6.45, 7) is 0. The summed E-state index contributed by atoms with van der Waals surface area (Å²) in [5.74, 6) is 0. The molecule has 0 saturated heterocycles. The van der Waals surface area contributed by atoms with Crippen LogP contribution in [0.15, 0.2) is 0 Å². The summed E-state index contributed by atoms with van der Waals surface area (Å²) in [7, 11) is -45.9. The first-order valence-corrected chi connectivity index (χ1v) is 24.1. The van der Waals surface area contributed by atoms with E-state index in [2.05, 4.69) is 0 Å². The SMILES string of the molecule is O=S(=O)(NC1CCCCC1)C(F)(F)S(=O)(=O)C(S(=O)(=O)C(F)(F)S(=O)(=O)NC1CCCCC1)S(=O)(=O)C(F)(F)S(=O)(=O)NC1CCCCC1. The highest BCUT2D eigenvalue weighted by atomic mass is 32.4. The molecule has 0 heterocycles. The zero-order valence-corrected chi connectivity index (χ0v) is 30.4. The van der Waals surface area contributed by atoms with Crippen LogP contribution in [0.5, 0.6) is 0 Å². The summed E-state index contributed by atoms with van der Waals surface area (Å²) in [6.07, 6.45) is 1.18. The predicted octanol–water partition coefficient (Wildman–Crippen LogP) is 1.92. The van der Waals surface area contributed by atoms with E-state index in [9.17, 15) is 50.5 Å². The maximum Gasteiger partial charge on any atom is 0.461 e. The first-order valence-electron chi connectivity index (χ1n) is 15.0. The molecule has 0 amide bonds. The fourth-order valence-corrected chi connectivity index (χ4v) is 21.2. The van der Waals surface area contributed by atoms with Crippen LogP contribution in [0.2, 0.25) is 0 Å². The van der Waals surface area contributed by atoms with Crippen molar-refractivity contribution in [2.24, 2.45) is 0 Å². The van der Waals surface area contributed by atoms with Crippen LogP contribution in [0, 0.1) is 0 Å². The summed E-state index contributed by atoms with van der Waals surface area (Å²) in [6, 6.07) is -4.47. The van der Waals surface area contributed by atoms with Crippen molar-refractivity contribution in [1.82, 2.24) is 14.2 Å². The Morgan fingerprint density at radius 1 is 0.367 bits per heavy atom. The van der Waals surface area contributed by atoms with Gasteiger partial charge >= 0.3 is 13.8 Å². The molecule has 0 spiro atoms. The Balaban J connectivity index is 2.27. The third kappa shape index (κ3) is 7.93. The van der Waals surface area contributed by atoms with Gasteiger partial charge in [-0.3, -0.25) is 0 Å². The lowest BCUT2D eigenvalue weighted by Gasteiger charge is -2.31. The van der Waals surface area contributed by atoms with E-state index < -0.39 is 95.4 Å². The average molecular weight is 842 g/mol. The summed E-state index contributed by atoms with van der Waals surface area (Å²) in [4.78, 5) is 0. The highest BCUT2D eigenvalue weighted by molar-refractivity contribution is 8.31. The largest absolute Gasteiger partial charge is 0.461 e. The number of halogens is 6. The molecule has 3 rings (SSSR count). The topological polar surface area (TPSA) is 241 Å². The summed E-state index contributed by atoms with van der Waals surface area (Å²) in [5, 5.41) is 0. The van der Waals surface area contributed by atoms with Gasteiger partial charge in [0.25, 0.3) is 63.5 Å². The average Bonchev–Trinajstić information content (AvgIpc) is 2.97. The standard InChI is InChI=1S/C22H37F6N3O12S6/c23-20(24,47(38,39)29-16-10-4-1-5-11-16)44(32,33)19(45(34,35)21(25,26)48(40,41)30-17-12-6-2-7-13-17)46(36,37)22(27,28)49(42,43)31-18-14-8-3-9-15-18/h16-19,29-31H,1-15H2. The molecule has 0 aromatic rings. The molecule has 27 heteroatoms. The van der Waals surface area contributed by atoms with Gasteiger partial charge in [0.1, 0.15) is 0 Å². The quantitative estimate of drug-likeness (QED) is 0.201.